The monoisotopic (exact) mass is 294 g/mol. The van der Waals surface area contributed by atoms with Crippen LogP contribution >= 0.6 is 0 Å². The first-order chi connectivity index (χ1) is 9.32. The number of nitrogens with two attached hydrogens (primary N) is 1. The number of nitrogens with zero attached hydrogens (tertiary/aromatic N) is 1. The van der Waals surface area contributed by atoms with Crippen molar-refractivity contribution in [1.82, 2.24) is 0 Å². The maximum Gasteiger partial charge on any atom is 0.264 e. The molecule has 0 aliphatic heterocycles. The van der Waals surface area contributed by atoms with Gasteiger partial charge in [-0.1, -0.05) is 6.07 Å². The van der Waals surface area contributed by atoms with Crippen molar-refractivity contribution < 1.29 is 12.8 Å². The second kappa shape index (κ2) is 5.13. The van der Waals surface area contributed by atoms with Crippen molar-refractivity contribution >= 4 is 21.4 Å². The van der Waals surface area contributed by atoms with Crippen molar-refractivity contribution in [2.45, 2.75) is 11.8 Å². The van der Waals surface area contributed by atoms with Crippen LogP contribution in [-0.2, 0) is 10.0 Å². The van der Waals surface area contributed by atoms with Gasteiger partial charge in [0, 0.05) is 12.7 Å². The molecule has 0 bridgehead atoms. The van der Waals surface area contributed by atoms with Gasteiger partial charge in [-0.3, -0.25) is 4.31 Å². The third-order valence-corrected chi connectivity index (χ3v) is 4.97. The molecule has 0 aliphatic carbocycles. The lowest BCUT2D eigenvalue weighted by Crippen LogP contribution is -2.27. The van der Waals surface area contributed by atoms with Crippen LogP contribution in [0.1, 0.15) is 5.56 Å². The number of nitrogen functional groups attached to an aromatic ring is 1. The molecule has 106 valence electrons. The van der Waals surface area contributed by atoms with E-state index < -0.39 is 15.8 Å². The van der Waals surface area contributed by atoms with E-state index in [1.807, 2.05) is 0 Å². The lowest BCUT2D eigenvalue weighted by atomic mass is 10.2. The van der Waals surface area contributed by atoms with Crippen LogP contribution in [0, 0.1) is 12.7 Å². The van der Waals surface area contributed by atoms with Gasteiger partial charge in [-0.2, -0.15) is 0 Å². The minimum absolute atomic E-state index is 0.143. The van der Waals surface area contributed by atoms with E-state index in [1.54, 1.807) is 19.1 Å². The topological polar surface area (TPSA) is 63.4 Å². The molecule has 0 saturated heterocycles. The summed E-state index contributed by atoms with van der Waals surface area (Å²) in [7, 11) is -2.31. The van der Waals surface area contributed by atoms with Crippen LogP contribution < -0.4 is 10.0 Å². The SMILES string of the molecule is Cc1ccc(N)cc1S(=O)(=O)N(C)c1ccc(F)cc1. The Bertz CT molecular complexity index is 727. The molecular weight excluding hydrogens is 279 g/mol. The lowest BCUT2D eigenvalue weighted by molar-refractivity contribution is 0.593. The largest absolute Gasteiger partial charge is 0.399 e. The normalized spacial score (nSPS) is 11.3. The number of halogens is 1. The van der Waals surface area contributed by atoms with Gasteiger partial charge < -0.3 is 5.73 Å². The number of benzene rings is 2. The van der Waals surface area contributed by atoms with Crippen LogP contribution in [0.15, 0.2) is 47.4 Å². The molecule has 0 atom stereocenters. The van der Waals surface area contributed by atoms with Gasteiger partial charge >= 0.3 is 0 Å². The van der Waals surface area contributed by atoms with Gasteiger partial charge in [0.25, 0.3) is 10.0 Å². The Morgan fingerprint density at radius 3 is 2.30 bits per heavy atom. The van der Waals surface area contributed by atoms with E-state index in [1.165, 1.54) is 37.4 Å². The molecule has 4 nitrogen and oxygen atoms in total. The summed E-state index contributed by atoms with van der Waals surface area (Å²) in [4.78, 5) is 0.143. The van der Waals surface area contributed by atoms with E-state index in [0.717, 1.165) is 4.31 Å². The van der Waals surface area contributed by atoms with E-state index in [-0.39, 0.29) is 4.90 Å². The van der Waals surface area contributed by atoms with Crippen molar-refractivity contribution in [2.75, 3.05) is 17.1 Å². The lowest BCUT2D eigenvalue weighted by Gasteiger charge is -2.20. The molecule has 0 radical (unpaired) electrons. The number of hydrogen-bond donors (Lipinski definition) is 1. The Hall–Kier alpha value is -2.08. The maximum atomic E-state index is 12.9. The van der Waals surface area contributed by atoms with Crippen LogP contribution in [0.4, 0.5) is 15.8 Å². The summed E-state index contributed by atoms with van der Waals surface area (Å²) in [6.07, 6.45) is 0. The van der Waals surface area contributed by atoms with E-state index in [9.17, 15) is 12.8 Å². The van der Waals surface area contributed by atoms with Gasteiger partial charge in [-0.15, -0.1) is 0 Å². The standard InChI is InChI=1S/C14H15FN2O2S/c1-10-3-6-12(16)9-14(10)20(18,19)17(2)13-7-4-11(15)5-8-13/h3-9H,16H2,1-2H3. The van der Waals surface area contributed by atoms with Gasteiger partial charge in [0.1, 0.15) is 5.82 Å². The smallest absolute Gasteiger partial charge is 0.264 e. The van der Waals surface area contributed by atoms with Gasteiger partial charge in [-0.05, 0) is 48.9 Å². The molecule has 2 rings (SSSR count). The maximum absolute atomic E-state index is 12.9. The number of rotatable bonds is 3. The van der Waals surface area contributed by atoms with E-state index in [2.05, 4.69) is 0 Å². The summed E-state index contributed by atoms with van der Waals surface area (Å²) < 4.78 is 39.1. The van der Waals surface area contributed by atoms with Crippen LogP contribution in [-0.4, -0.2) is 15.5 Å². The first kappa shape index (κ1) is 14.3. The van der Waals surface area contributed by atoms with E-state index >= 15 is 0 Å². The predicted molar refractivity (Wildman–Crippen MR) is 77.6 cm³/mol. The van der Waals surface area contributed by atoms with Crippen LogP contribution in [0.25, 0.3) is 0 Å². The Morgan fingerprint density at radius 1 is 1.10 bits per heavy atom. The highest BCUT2D eigenvalue weighted by molar-refractivity contribution is 7.92. The summed E-state index contributed by atoms with van der Waals surface area (Å²) in [6.45, 7) is 1.70. The molecule has 0 aliphatic rings. The molecule has 0 saturated carbocycles. The molecule has 0 amide bonds. The average molecular weight is 294 g/mol. The predicted octanol–water partition coefficient (Wildman–Crippen LogP) is 2.54. The zero-order chi connectivity index (χ0) is 14.9. The van der Waals surface area contributed by atoms with Crippen LogP contribution in [0.3, 0.4) is 0 Å². The third-order valence-electron chi connectivity index (χ3n) is 3.04. The average Bonchev–Trinajstić information content (AvgIpc) is 2.41. The van der Waals surface area contributed by atoms with E-state index in [0.29, 0.717) is 16.9 Å². The highest BCUT2D eigenvalue weighted by Gasteiger charge is 2.23. The summed E-state index contributed by atoms with van der Waals surface area (Å²) in [5.74, 6) is -0.417. The summed E-state index contributed by atoms with van der Waals surface area (Å²) in [5.41, 5.74) is 7.01. The van der Waals surface area contributed by atoms with Gasteiger partial charge in [0.2, 0.25) is 0 Å². The Morgan fingerprint density at radius 2 is 1.70 bits per heavy atom. The Labute approximate surface area is 117 Å². The highest BCUT2D eigenvalue weighted by Crippen LogP contribution is 2.25. The Kier molecular flexibility index (Phi) is 3.67. The van der Waals surface area contributed by atoms with E-state index in [4.69, 9.17) is 5.73 Å². The summed E-state index contributed by atoms with van der Waals surface area (Å²) in [5, 5.41) is 0. The molecule has 0 heterocycles. The zero-order valence-corrected chi connectivity index (χ0v) is 12.0. The minimum Gasteiger partial charge on any atom is -0.399 e. The summed E-state index contributed by atoms with van der Waals surface area (Å²) >= 11 is 0. The third kappa shape index (κ3) is 2.60. The zero-order valence-electron chi connectivity index (χ0n) is 11.2. The second-order valence-electron chi connectivity index (χ2n) is 4.47. The molecule has 6 heteroatoms. The molecule has 0 unspecified atom stereocenters. The first-order valence-corrected chi connectivity index (χ1v) is 7.37. The fourth-order valence-corrected chi connectivity index (χ4v) is 3.29. The van der Waals surface area contributed by atoms with Crippen LogP contribution in [0.2, 0.25) is 0 Å². The Balaban J connectivity index is 2.49. The summed E-state index contributed by atoms with van der Waals surface area (Å²) in [6, 6.07) is 9.97. The number of aryl methyl sites for hydroxylation is 1. The second-order valence-corrected chi connectivity index (χ2v) is 6.41. The van der Waals surface area contributed by atoms with Crippen molar-refractivity contribution in [1.29, 1.82) is 0 Å². The molecule has 0 spiro atoms. The quantitative estimate of drug-likeness (QED) is 0.885. The number of anilines is 2. The van der Waals surface area contributed by atoms with Crippen molar-refractivity contribution in [3.8, 4) is 0 Å². The molecule has 2 aromatic carbocycles. The number of sulfonamides is 1. The fraction of sp³-hybridized carbons (Fsp3) is 0.143. The fourth-order valence-electron chi connectivity index (χ4n) is 1.83. The van der Waals surface area contributed by atoms with Crippen molar-refractivity contribution in [3.63, 3.8) is 0 Å². The molecular formula is C14H15FN2O2S. The van der Waals surface area contributed by atoms with Crippen LogP contribution in [0.5, 0.6) is 0 Å². The molecule has 2 aromatic rings. The van der Waals surface area contributed by atoms with Gasteiger partial charge in [-0.25, -0.2) is 12.8 Å². The first-order valence-electron chi connectivity index (χ1n) is 5.93. The highest BCUT2D eigenvalue weighted by atomic mass is 32.2. The molecule has 0 aromatic heterocycles. The number of hydrogen-bond acceptors (Lipinski definition) is 3. The van der Waals surface area contributed by atoms with Crippen molar-refractivity contribution in [2.24, 2.45) is 0 Å². The van der Waals surface area contributed by atoms with Gasteiger partial charge in [0.05, 0.1) is 10.6 Å². The van der Waals surface area contributed by atoms with Crippen molar-refractivity contribution in [3.05, 3.63) is 53.8 Å². The van der Waals surface area contributed by atoms with Gasteiger partial charge in [0.15, 0.2) is 0 Å². The molecule has 0 fully saturated rings. The molecule has 2 N–H and O–H groups in total. The minimum atomic E-state index is -3.73. The molecule has 20 heavy (non-hydrogen) atoms.